The molecule has 3 fully saturated rings. The number of likely N-dealkylation sites (tertiary alicyclic amines) is 1. The SMILES string of the molecule is CC/C=C/C(=C(/C)C1=C(C)CC(C)CCN1)N1CCC(/C=N\C(=C\CC)Nc2ccc(C3CN(C4CCN(c5ccc(N6CCC(=O)NC6=O)c(C)c5)CC4)C3)cc2)=C(C)C1. The molecule has 7 rings (SSSR count). The minimum Gasteiger partial charge on any atom is -0.385 e. The van der Waals surface area contributed by atoms with Crippen molar-refractivity contribution in [3.63, 3.8) is 0 Å². The average molecular weight is 827 g/mol. The molecule has 5 aliphatic heterocycles. The molecule has 5 heterocycles. The third kappa shape index (κ3) is 10.7. The first-order valence-corrected chi connectivity index (χ1v) is 23.1. The summed E-state index contributed by atoms with van der Waals surface area (Å²) in [5.74, 6) is 1.98. The van der Waals surface area contributed by atoms with Gasteiger partial charge in [-0.1, -0.05) is 39.0 Å². The van der Waals surface area contributed by atoms with Gasteiger partial charge in [-0.25, -0.2) is 9.79 Å². The lowest BCUT2D eigenvalue weighted by Crippen LogP contribution is -2.54. The van der Waals surface area contributed by atoms with Crippen molar-refractivity contribution < 1.29 is 9.59 Å². The Hall–Kier alpha value is -5.09. The number of anilines is 3. The Kier molecular flexibility index (Phi) is 14.6. The zero-order valence-corrected chi connectivity index (χ0v) is 37.9. The summed E-state index contributed by atoms with van der Waals surface area (Å²) in [5.41, 5.74) is 13.8. The molecular weight excluding hydrogens is 757 g/mol. The highest BCUT2D eigenvalue weighted by molar-refractivity contribution is 6.06. The second kappa shape index (κ2) is 20.2. The van der Waals surface area contributed by atoms with Gasteiger partial charge in [0.05, 0.1) is 0 Å². The minimum atomic E-state index is -0.332. The van der Waals surface area contributed by atoms with Gasteiger partial charge in [0, 0.05) is 105 Å². The van der Waals surface area contributed by atoms with Crippen LogP contribution in [-0.2, 0) is 4.79 Å². The Morgan fingerprint density at radius 3 is 2.38 bits per heavy atom. The van der Waals surface area contributed by atoms with Crippen LogP contribution in [0.4, 0.5) is 21.9 Å². The van der Waals surface area contributed by atoms with Crippen molar-refractivity contribution in [3.8, 4) is 0 Å². The van der Waals surface area contributed by atoms with E-state index in [9.17, 15) is 9.59 Å². The van der Waals surface area contributed by atoms with Crippen molar-refractivity contribution in [2.24, 2.45) is 10.9 Å². The molecule has 1 atom stereocenters. The normalized spacial score (nSPS) is 22.2. The van der Waals surface area contributed by atoms with Crippen molar-refractivity contribution in [1.82, 2.24) is 20.4 Å². The quantitative estimate of drug-likeness (QED) is 0.137. The van der Waals surface area contributed by atoms with Gasteiger partial charge in [-0.15, -0.1) is 0 Å². The maximum atomic E-state index is 12.4. The van der Waals surface area contributed by atoms with Crippen LogP contribution >= 0.6 is 0 Å². The van der Waals surface area contributed by atoms with E-state index < -0.39 is 0 Å². The molecule has 3 amide bonds. The number of urea groups is 1. The van der Waals surface area contributed by atoms with Gasteiger partial charge in [0.15, 0.2) is 0 Å². The van der Waals surface area contributed by atoms with Crippen LogP contribution in [0.2, 0.25) is 0 Å². The van der Waals surface area contributed by atoms with Crippen LogP contribution in [0.15, 0.2) is 105 Å². The summed E-state index contributed by atoms with van der Waals surface area (Å²) in [5, 5.41) is 9.83. The van der Waals surface area contributed by atoms with Gasteiger partial charge in [-0.2, -0.15) is 0 Å². The van der Waals surface area contributed by atoms with E-state index in [1.165, 1.54) is 51.4 Å². The molecule has 3 N–H and O–H groups in total. The van der Waals surface area contributed by atoms with Crippen molar-refractivity contribution in [3.05, 3.63) is 111 Å². The number of piperidine rings is 1. The predicted molar refractivity (Wildman–Crippen MR) is 253 cm³/mol. The van der Waals surface area contributed by atoms with E-state index in [4.69, 9.17) is 4.99 Å². The highest BCUT2D eigenvalue weighted by Gasteiger charge is 2.35. The largest absolute Gasteiger partial charge is 0.385 e. The first-order chi connectivity index (χ1) is 29.5. The van der Waals surface area contributed by atoms with E-state index in [1.807, 2.05) is 13.0 Å². The fourth-order valence-corrected chi connectivity index (χ4v) is 9.82. The number of carbonyl (C=O) groups excluding carboxylic acids is 2. The van der Waals surface area contributed by atoms with Gasteiger partial charge < -0.3 is 20.4 Å². The van der Waals surface area contributed by atoms with Crippen LogP contribution in [0.25, 0.3) is 0 Å². The van der Waals surface area contributed by atoms with Gasteiger partial charge in [0.25, 0.3) is 0 Å². The number of nitrogens with zero attached hydrogens (tertiary/aromatic N) is 5. The fourth-order valence-electron chi connectivity index (χ4n) is 9.82. The van der Waals surface area contributed by atoms with Gasteiger partial charge in [0.1, 0.15) is 5.82 Å². The second-order valence-corrected chi connectivity index (χ2v) is 18.1. The summed E-state index contributed by atoms with van der Waals surface area (Å²) in [6.45, 7) is 23.3. The van der Waals surface area contributed by atoms with Gasteiger partial charge >= 0.3 is 6.03 Å². The lowest BCUT2D eigenvalue weighted by molar-refractivity contribution is -0.120. The maximum Gasteiger partial charge on any atom is 0.328 e. The van der Waals surface area contributed by atoms with Crippen LogP contribution in [0.3, 0.4) is 0 Å². The zero-order chi connectivity index (χ0) is 43.0. The van der Waals surface area contributed by atoms with E-state index in [0.29, 0.717) is 30.8 Å². The molecule has 0 radical (unpaired) electrons. The molecular formula is C51H70N8O2. The second-order valence-electron chi connectivity index (χ2n) is 18.1. The number of imide groups is 1. The van der Waals surface area contributed by atoms with E-state index in [-0.39, 0.29) is 11.9 Å². The molecule has 326 valence electrons. The molecule has 2 aromatic rings. The third-order valence-electron chi connectivity index (χ3n) is 13.5. The number of hydrogen-bond donors (Lipinski definition) is 3. The molecule has 0 spiro atoms. The first-order valence-electron chi connectivity index (χ1n) is 23.1. The topological polar surface area (TPSA) is 95.6 Å². The maximum absolute atomic E-state index is 12.4. The number of nitrogens with one attached hydrogen (secondary N) is 3. The Morgan fingerprint density at radius 1 is 0.918 bits per heavy atom. The molecule has 0 aliphatic carbocycles. The molecule has 10 nitrogen and oxygen atoms in total. The van der Waals surface area contributed by atoms with Gasteiger partial charge in [-0.05, 0) is 154 Å². The molecule has 1 unspecified atom stereocenters. The number of amides is 3. The molecule has 2 aromatic carbocycles. The summed E-state index contributed by atoms with van der Waals surface area (Å²) in [7, 11) is 0. The molecule has 61 heavy (non-hydrogen) atoms. The van der Waals surface area contributed by atoms with Crippen LogP contribution in [0.1, 0.15) is 110 Å². The van der Waals surface area contributed by atoms with E-state index >= 15 is 0 Å². The number of aliphatic imine (C=N–C) groups is 1. The summed E-state index contributed by atoms with van der Waals surface area (Å²) in [6, 6.07) is 15.6. The molecule has 0 aromatic heterocycles. The lowest BCUT2D eigenvalue weighted by atomic mass is 9.88. The molecule has 0 saturated carbocycles. The fraction of sp³-hybridized carbons (Fsp3) is 0.510. The highest BCUT2D eigenvalue weighted by Crippen LogP contribution is 2.35. The summed E-state index contributed by atoms with van der Waals surface area (Å²) in [6.07, 6.45) is 16.8. The number of carbonyl (C=O) groups is 2. The zero-order valence-electron chi connectivity index (χ0n) is 37.9. The standard InChI is InChI=1S/C51H70N8O2/c1-8-10-12-47(39(7)50-37(5)29-35(3)19-24-52-50)57-25-20-41(38(6)32-57)31-53-48(11-9-2)54-43-15-13-40(14-16-43)42-33-58(34-42)44-21-26-56(27-22-44)45-17-18-46(36(4)30-45)59-28-23-49(60)55-51(59)61/h10-18,30-31,35,42,44,52,54H,8-9,19-29,32-34H2,1-7H3,(H,55,60,61)/b12-10+,47-39+,48-11-,53-31-. The number of benzene rings is 2. The molecule has 5 aliphatic rings. The molecule has 0 bridgehead atoms. The predicted octanol–water partition coefficient (Wildman–Crippen LogP) is 9.80. The molecule has 3 saturated heterocycles. The Balaban J connectivity index is 0.897. The number of aryl methyl sites for hydroxylation is 1. The lowest BCUT2D eigenvalue weighted by Gasteiger charge is -2.47. The Bertz CT molecular complexity index is 2100. The third-order valence-corrected chi connectivity index (χ3v) is 13.5. The van der Waals surface area contributed by atoms with Crippen LogP contribution in [0.5, 0.6) is 0 Å². The highest BCUT2D eigenvalue weighted by atomic mass is 16.2. The van der Waals surface area contributed by atoms with Crippen LogP contribution in [0, 0.1) is 12.8 Å². The van der Waals surface area contributed by atoms with Crippen molar-refractivity contribution in [1.29, 1.82) is 0 Å². The first kappa shape index (κ1) is 44.0. The van der Waals surface area contributed by atoms with Gasteiger partial charge in [-0.3, -0.25) is 19.9 Å². The Labute approximate surface area is 365 Å². The van der Waals surface area contributed by atoms with Crippen molar-refractivity contribution in [2.45, 2.75) is 112 Å². The number of rotatable bonds is 13. The summed E-state index contributed by atoms with van der Waals surface area (Å²) < 4.78 is 0. The summed E-state index contributed by atoms with van der Waals surface area (Å²) >= 11 is 0. The monoisotopic (exact) mass is 827 g/mol. The van der Waals surface area contributed by atoms with Gasteiger partial charge in [0.2, 0.25) is 5.91 Å². The van der Waals surface area contributed by atoms with Crippen molar-refractivity contribution >= 4 is 35.2 Å². The van der Waals surface area contributed by atoms with Crippen molar-refractivity contribution in [2.75, 3.05) is 67.5 Å². The average Bonchev–Trinajstić information content (AvgIpc) is 3.40. The van der Waals surface area contributed by atoms with Crippen LogP contribution < -0.4 is 25.8 Å². The van der Waals surface area contributed by atoms with E-state index in [1.54, 1.807) is 4.90 Å². The molecule has 10 heteroatoms. The van der Waals surface area contributed by atoms with E-state index in [2.05, 4.69) is 133 Å². The van der Waals surface area contributed by atoms with Crippen LogP contribution in [-0.4, -0.2) is 86.4 Å². The summed E-state index contributed by atoms with van der Waals surface area (Å²) in [4.78, 5) is 38.4. The number of allylic oxidation sites excluding steroid dienone is 5. The smallest absolute Gasteiger partial charge is 0.328 e. The Morgan fingerprint density at radius 2 is 1.69 bits per heavy atom. The minimum absolute atomic E-state index is 0.206. The number of hydrogen-bond acceptors (Lipinski definition) is 8. The van der Waals surface area contributed by atoms with E-state index in [0.717, 1.165) is 107 Å².